The van der Waals surface area contributed by atoms with E-state index in [-0.39, 0.29) is 33.2 Å². The van der Waals surface area contributed by atoms with Crippen LogP contribution in [0.3, 0.4) is 0 Å². The Labute approximate surface area is 232 Å². The molecule has 4 aromatic carbocycles. The van der Waals surface area contributed by atoms with Crippen molar-refractivity contribution in [2.75, 3.05) is 0 Å². The SMILES string of the molecule is O=C(Oc1ccc(C=NNC(=O)c2ccccc2Cl)c(OC(=O)c2ccc(Cl)cc2)c1)c1ccc(Cl)cc1. The molecule has 0 bridgehead atoms. The van der Waals surface area contributed by atoms with Crippen molar-refractivity contribution in [3.63, 3.8) is 0 Å². The summed E-state index contributed by atoms with van der Waals surface area (Å²) in [5.74, 6) is -1.70. The molecule has 0 fully saturated rings. The molecule has 1 amide bonds. The maximum absolute atomic E-state index is 12.8. The number of hydrogen-bond donors (Lipinski definition) is 1. The fraction of sp³-hybridized carbons (Fsp3) is 0. The van der Waals surface area contributed by atoms with Crippen molar-refractivity contribution < 1.29 is 23.9 Å². The van der Waals surface area contributed by atoms with E-state index in [1.54, 1.807) is 48.5 Å². The van der Waals surface area contributed by atoms with Crippen LogP contribution in [0.25, 0.3) is 0 Å². The lowest BCUT2D eigenvalue weighted by Crippen LogP contribution is -2.18. The molecule has 38 heavy (non-hydrogen) atoms. The lowest BCUT2D eigenvalue weighted by molar-refractivity contribution is 0.0732. The monoisotopic (exact) mass is 566 g/mol. The Morgan fingerprint density at radius 3 is 1.89 bits per heavy atom. The predicted molar refractivity (Wildman–Crippen MR) is 146 cm³/mol. The second-order valence-corrected chi connectivity index (χ2v) is 8.95. The highest BCUT2D eigenvalue weighted by atomic mass is 35.5. The molecule has 0 aliphatic rings. The van der Waals surface area contributed by atoms with Gasteiger partial charge in [0.25, 0.3) is 5.91 Å². The summed E-state index contributed by atoms with van der Waals surface area (Å²) in [6.07, 6.45) is 1.28. The van der Waals surface area contributed by atoms with Gasteiger partial charge in [0.1, 0.15) is 11.5 Å². The Kier molecular flexibility index (Phi) is 8.76. The Hall–Kier alpha value is -4.17. The zero-order valence-corrected chi connectivity index (χ0v) is 21.6. The Bertz CT molecular complexity index is 1520. The van der Waals surface area contributed by atoms with Gasteiger partial charge in [-0.3, -0.25) is 4.79 Å². The zero-order valence-electron chi connectivity index (χ0n) is 19.4. The predicted octanol–water partition coefficient (Wildman–Crippen LogP) is 6.85. The smallest absolute Gasteiger partial charge is 0.343 e. The largest absolute Gasteiger partial charge is 0.423 e. The summed E-state index contributed by atoms with van der Waals surface area (Å²) < 4.78 is 11.0. The van der Waals surface area contributed by atoms with Gasteiger partial charge in [-0.2, -0.15) is 5.10 Å². The molecular formula is C28H17Cl3N2O5. The zero-order chi connectivity index (χ0) is 27.1. The molecule has 0 saturated carbocycles. The molecule has 10 heteroatoms. The van der Waals surface area contributed by atoms with Crippen LogP contribution in [0, 0.1) is 0 Å². The molecule has 0 atom stereocenters. The molecule has 7 nitrogen and oxygen atoms in total. The molecule has 0 heterocycles. The van der Waals surface area contributed by atoms with Crippen LogP contribution in [0.1, 0.15) is 36.6 Å². The maximum Gasteiger partial charge on any atom is 0.343 e. The third-order valence-corrected chi connectivity index (χ3v) is 5.88. The number of carbonyl (C=O) groups excluding carboxylic acids is 3. The van der Waals surface area contributed by atoms with Gasteiger partial charge in [-0.1, -0.05) is 46.9 Å². The van der Waals surface area contributed by atoms with Crippen LogP contribution in [0.2, 0.25) is 15.1 Å². The number of hydrazone groups is 1. The van der Waals surface area contributed by atoms with Gasteiger partial charge in [0.15, 0.2) is 0 Å². The number of esters is 2. The number of hydrogen-bond acceptors (Lipinski definition) is 6. The van der Waals surface area contributed by atoms with Crippen LogP contribution < -0.4 is 14.9 Å². The molecular weight excluding hydrogens is 551 g/mol. The maximum atomic E-state index is 12.8. The Morgan fingerprint density at radius 2 is 1.29 bits per heavy atom. The van der Waals surface area contributed by atoms with Crippen molar-refractivity contribution in [2.45, 2.75) is 0 Å². The number of ether oxygens (including phenoxy) is 2. The quantitative estimate of drug-likeness (QED) is 0.114. The fourth-order valence-corrected chi connectivity index (χ4v) is 3.61. The topological polar surface area (TPSA) is 94.1 Å². The van der Waals surface area contributed by atoms with Gasteiger partial charge in [0.05, 0.1) is 27.9 Å². The number of halogens is 3. The molecule has 0 unspecified atom stereocenters. The van der Waals surface area contributed by atoms with Crippen molar-refractivity contribution in [2.24, 2.45) is 5.10 Å². The van der Waals surface area contributed by atoms with Crippen LogP contribution in [-0.2, 0) is 0 Å². The average Bonchev–Trinajstić information content (AvgIpc) is 2.90. The van der Waals surface area contributed by atoms with Crippen LogP contribution in [-0.4, -0.2) is 24.1 Å². The van der Waals surface area contributed by atoms with E-state index in [0.29, 0.717) is 15.6 Å². The van der Waals surface area contributed by atoms with Crippen LogP contribution >= 0.6 is 34.8 Å². The molecule has 0 aliphatic carbocycles. The molecule has 190 valence electrons. The second kappa shape index (κ2) is 12.4. The number of carbonyl (C=O) groups is 3. The lowest BCUT2D eigenvalue weighted by Gasteiger charge is -2.11. The highest BCUT2D eigenvalue weighted by Gasteiger charge is 2.15. The number of rotatable bonds is 7. The molecule has 0 spiro atoms. The van der Waals surface area contributed by atoms with Gasteiger partial charge in [-0.15, -0.1) is 0 Å². The van der Waals surface area contributed by atoms with E-state index in [4.69, 9.17) is 44.3 Å². The fourth-order valence-electron chi connectivity index (χ4n) is 3.14. The minimum atomic E-state index is -0.683. The van der Waals surface area contributed by atoms with Crippen molar-refractivity contribution in [1.29, 1.82) is 0 Å². The first-order chi connectivity index (χ1) is 18.3. The molecule has 4 rings (SSSR count). The molecule has 0 saturated heterocycles. The third-order valence-electron chi connectivity index (χ3n) is 5.05. The van der Waals surface area contributed by atoms with E-state index in [0.717, 1.165) is 0 Å². The summed E-state index contributed by atoms with van der Waals surface area (Å²) in [4.78, 5) is 37.7. The first kappa shape index (κ1) is 26.9. The number of amides is 1. The summed E-state index contributed by atoms with van der Waals surface area (Å²) >= 11 is 17.8. The minimum Gasteiger partial charge on any atom is -0.423 e. The molecule has 0 aromatic heterocycles. The summed E-state index contributed by atoms with van der Waals surface area (Å²) in [6, 6.07) is 23.2. The van der Waals surface area contributed by atoms with Gasteiger partial charge >= 0.3 is 11.9 Å². The van der Waals surface area contributed by atoms with E-state index >= 15 is 0 Å². The summed E-state index contributed by atoms with van der Waals surface area (Å²) in [5.41, 5.74) is 3.46. The highest BCUT2D eigenvalue weighted by Crippen LogP contribution is 2.26. The minimum absolute atomic E-state index is 0.0297. The van der Waals surface area contributed by atoms with Crippen LogP contribution in [0.4, 0.5) is 0 Å². The van der Waals surface area contributed by atoms with Gasteiger partial charge < -0.3 is 9.47 Å². The first-order valence-corrected chi connectivity index (χ1v) is 12.1. The molecule has 0 radical (unpaired) electrons. The number of benzene rings is 4. The number of nitrogens with zero attached hydrogens (tertiary/aromatic N) is 1. The molecule has 4 aromatic rings. The van der Waals surface area contributed by atoms with E-state index in [1.807, 2.05) is 0 Å². The van der Waals surface area contributed by atoms with Gasteiger partial charge in [0, 0.05) is 21.7 Å². The summed E-state index contributed by atoms with van der Waals surface area (Å²) in [5, 5.41) is 5.15. The van der Waals surface area contributed by atoms with Crippen molar-refractivity contribution in [1.82, 2.24) is 5.43 Å². The van der Waals surface area contributed by atoms with Gasteiger partial charge in [0.2, 0.25) is 0 Å². The van der Waals surface area contributed by atoms with Gasteiger partial charge in [-0.05, 0) is 72.8 Å². The highest BCUT2D eigenvalue weighted by molar-refractivity contribution is 6.33. The van der Waals surface area contributed by atoms with E-state index in [9.17, 15) is 14.4 Å². The standard InChI is InChI=1S/C28H17Cl3N2O5/c29-20-10-5-17(6-11-20)27(35)37-22-14-9-19(16-32-33-26(34)23-3-1-2-4-24(23)31)25(15-22)38-28(36)18-7-12-21(30)13-8-18/h1-16H,(H,33,34). The lowest BCUT2D eigenvalue weighted by atomic mass is 10.2. The van der Waals surface area contributed by atoms with Crippen LogP contribution in [0.15, 0.2) is 96.1 Å². The van der Waals surface area contributed by atoms with Crippen LogP contribution in [0.5, 0.6) is 11.5 Å². The average molecular weight is 568 g/mol. The summed E-state index contributed by atoms with van der Waals surface area (Å²) in [6.45, 7) is 0. The molecule has 0 aliphatic heterocycles. The summed E-state index contributed by atoms with van der Waals surface area (Å²) in [7, 11) is 0. The Balaban J connectivity index is 1.57. The first-order valence-electron chi connectivity index (χ1n) is 11.0. The number of nitrogens with one attached hydrogen (secondary N) is 1. The van der Waals surface area contributed by atoms with Crippen molar-refractivity contribution in [3.05, 3.63) is 128 Å². The Morgan fingerprint density at radius 1 is 0.711 bits per heavy atom. The van der Waals surface area contributed by atoms with Gasteiger partial charge in [-0.25, -0.2) is 15.0 Å². The normalized spacial score (nSPS) is 10.7. The second-order valence-electron chi connectivity index (χ2n) is 7.67. The van der Waals surface area contributed by atoms with E-state index in [2.05, 4.69) is 10.5 Å². The van der Waals surface area contributed by atoms with Crippen molar-refractivity contribution >= 4 is 58.9 Å². The van der Waals surface area contributed by atoms with Crippen molar-refractivity contribution in [3.8, 4) is 11.5 Å². The molecule has 1 N–H and O–H groups in total. The van der Waals surface area contributed by atoms with E-state index < -0.39 is 17.8 Å². The third kappa shape index (κ3) is 6.98. The van der Waals surface area contributed by atoms with E-state index in [1.165, 1.54) is 48.7 Å².